The molecule has 0 spiro atoms. The first kappa shape index (κ1) is 10.1. The van der Waals surface area contributed by atoms with Gasteiger partial charge >= 0.3 is 0 Å². The largest absolute Gasteiger partial charge is 0.346 e. The fraction of sp³-hybridized carbons (Fsp3) is 0.214. The number of para-hydroxylation sites is 1. The van der Waals surface area contributed by atoms with Gasteiger partial charge in [-0.15, -0.1) is 0 Å². The van der Waals surface area contributed by atoms with Crippen LogP contribution in [0.5, 0.6) is 0 Å². The third-order valence-electron chi connectivity index (χ3n) is 3.22. The van der Waals surface area contributed by atoms with Gasteiger partial charge in [0, 0.05) is 11.4 Å². The molecule has 1 aromatic heterocycles. The second-order valence-corrected chi connectivity index (χ2v) is 4.20. The summed E-state index contributed by atoms with van der Waals surface area (Å²) in [7, 11) is 0. The average Bonchev–Trinajstić information content (AvgIpc) is 2.72. The predicted octanol–water partition coefficient (Wildman–Crippen LogP) is 2.28. The van der Waals surface area contributed by atoms with Crippen LogP contribution in [0.3, 0.4) is 0 Å². The minimum atomic E-state index is 0.00588. The van der Waals surface area contributed by atoms with Crippen LogP contribution in [0.25, 0.3) is 5.69 Å². The Labute approximate surface area is 100 Å². The summed E-state index contributed by atoms with van der Waals surface area (Å²) in [6.45, 7) is 2.72. The molecule has 3 heteroatoms. The third kappa shape index (κ3) is 1.46. The van der Waals surface area contributed by atoms with Gasteiger partial charge in [0.25, 0.3) is 5.91 Å². The number of fused-ring (bicyclic) bond motifs is 3. The van der Waals surface area contributed by atoms with Crippen molar-refractivity contribution in [1.82, 2.24) is 9.88 Å². The molecule has 1 amide bonds. The summed E-state index contributed by atoms with van der Waals surface area (Å²) in [6, 6.07) is 12.0. The van der Waals surface area contributed by atoms with E-state index in [1.54, 1.807) is 0 Å². The van der Waals surface area contributed by atoms with Gasteiger partial charge in [0.1, 0.15) is 0 Å². The molecule has 0 aliphatic carbocycles. The highest BCUT2D eigenvalue weighted by Crippen LogP contribution is 2.23. The molecule has 1 aromatic carbocycles. The van der Waals surface area contributed by atoms with Gasteiger partial charge in [-0.1, -0.05) is 19.1 Å². The molecule has 2 aromatic rings. The van der Waals surface area contributed by atoms with Crippen LogP contribution in [0.15, 0.2) is 36.4 Å². The lowest BCUT2D eigenvalue weighted by Gasteiger charge is -2.11. The quantitative estimate of drug-likeness (QED) is 0.795. The Hall–Kier alpha value is -2.03. The number of amides is 1. The van der Waals surface area contributed by atoms with E-state index in [-0.39, 0.29) is 5.91 Å². The minimum absolute atomic E-state index is 0.00588. The van der Waals surface area contributed by atoms with Crippen LogP contribution in [-0.2, 0) is 13.0 Å². The third-order valence-corrected chi connectivity index (χ3v) is 3.22. The van der Waals surface area contributed by atoms with Crippen LogP contribution in [0.2, 0.25) is 0 Å². The molecule has 3 nitrogen and oxygen atoms in total. The number of rotatable bonds is 1. The zero-order chi connectivity index (χ0) is 11.8. The van der Waals surface area contributed by atoms with Crippen molar-refractivity contribution >= 4 is 5.91 Å². The van der Waals surface area contributed by atoms with E-state index in [0.717, 1.165) is 23.4 Å². The molecule has 86 valence electrons. The second kappa shape index (κ2) is 3.77. The molecule has 3 rings (SSSR count). The molecule has 0 fully saturated rings. The number of benzene rings is 1. The first-order valence-corrected chi connectivity index (χ1v) is 5.88. The van der Waals surface area contributed by atoms with Crippen LogP contribution in [0.4, 0.5) is 0 Å². The molecule has 1 N–H and O–H groups in total. The molecular formula is C14H14N2O. The van der Waals surface area contributed by atoms with Crippen LogP contribution in [-0.4, -0.2) is 10.5 Å². The van der Waals surface area contributed by atoms with E-state index in [1.807, 2.05) is 24.3 Å². The molecule has 1 aliphatic rings. The van der Waals surface area contributed by atoms with E-state index < -0.39 is 0 Å². The van der Waals surface area contributed by atoms with Crippen molar-refractivity contribution < 1.29 is 4.79 Å². The van der Waals surface area contributed by atoms with Crippen molar-refractivity contribution in [2.45, 2.75) is 19.9 Å². The molecule has 0 radical (unpaired) electrons. The molecule has 1 aliphatic heterocycles. The molecular weight excluding hydrogens is 212 g/mol. The minimum Gasteiger partial charge on any atom is -0.346 e. The summed E-state index contributed by atoms with van der Waals surface area (Å²) < 4.78 is 2.19. The van der Waals surface area contributed by atoms with Gasteiger partial charge < -0.3 is 9.88 Å². The SMILES string of the molecule is CCc1ccc2n1-c1ccccc1C(=O)NC2. The first-order chi connectivity index (χ1) is 8.31. The molecule has 0 saturated heterocycles. The zero-order valence-electron chi connectivity index (χ0n) is 9.73. The first-order valence-electron chi connectivity index (χ1n) is 5.88. The Morgan fingerprint density at radius 1 is 1.24 bits per heavy atom. The summed E-state index contributed by atoms with van der Waals surface area (Å²) in [6.07, 6.45) is 0.961. The standard InChI is InChI=1S/C14H14N2O/c1-2-10-7-8-11-9-15-14(17)12-5-3-4-6-13(12)16(10)11/h3-8H,2,9H2,1H3,(H,15,17). The lowest BCUT2D eigenvalue weighted by atomic mass is 10.1. The Morgan fingerprint density at radius 3 is 2.88 bits per heavy atom. The Kier molecular flexibility index (Phi) is 2.25. The summed E-state index contributed by atoms with van der Waals surface area (Å²) in [5.74, 6) is 0.00588. The van der Waals surface area contributed by atoms with Gasteiger partial charge in [-0.25, -0.2) is 0 Å². The van der Waals surface area contributed by atoms with Gasteiger partial charge in [0.2, 0.25) is 0 Å². The van der Waals surface area contributed by atoms with Crippen molar-refractivity contribution in [3.05, 3.63) is 53.3 Å². The number of nitrogens with one attached hydrogen (secondary N) is 1. The van der Waals surface area contributed by atoms with Gasteiger partial charge in [-0.2, -0.15) is 0 Å². The summed E-state index contributed by atoms with van der Waals surface area (Å²) in [5.41, 5.74) is 4.11. The van der Waals surface area contributed by atoms with E-state index in [0.29, 0.717) is 6.54 Å². The van der Waals surface area contributed by atoms with Crippen molar-refractivity contribution in [2.75, 3.05) is 0 Å². The van der Waals surface area contributed by atoms with Crippen molar-refractivity contribution in [3.63, 3.8) is 0 Å². The molecule has 2 heterocycles. The highest BCUT2D eigenvalue weighted by molar-refractivity contribution is 5.98. The lowest BCUT2D eigenvalue weighted by molar-refractivity contribution is 0.0953. The van der Waals surface area contributed by atoms with Crippen molar-refractivity contribution in [2.24, 2.45) is 0 Å². The topological polar surface area (TPSA) is 34.0 Å². The number of hydrogen-bond acceptors (Lipinski definition) is 1. The summed E-state index contributed by atoms with van der Waals surface area (Å²) >= 11 is 0. The Bertz CT molecular complexity index is 584. The molecule has 17 heavy (non-hydrogen) atoms. The monoisotopic (exact) mass is 226 g/mol. The Balaban J connectivity index is 2.31. The van der Waals surface area contributed by atoms with E-state index in [9.17, 15) is 4.79 Å². The van der Waals surface area contributed by atoms with Crippen LogP contribution in [0.1, 0.15) is 28.7 Å². The number of aromatic nitrogens is 1. The van der Waals surface area contributed by atoms with Crippen molar-refractivity contribution in [1.29, 1.82) is 0 Å². The number of carbonyl (C=O) groups is 1. The maximum atomic E-state index is 11.9. The van der Waals surface area contributed by atoms with Gasteiger partial charge in [0.15, 0.2) is 0 Å². The zero-order valence-corrected chi connectivity index (χ0v) is 9.73. The van der Waals surface area contributed by atoms with Crippen LogP contribution in [0, 0.1) is 0 Å². The highest BCUT2D eigenvalue weighted by Gasteiger charge is 2.20. The summed E-state index contributed by atoms with van der Waals surface area (Å²) in [5, 5.41) is 2.93. The van der Waals surface area contributed by atoms with Crippen molar-refractivity contribution in [3.8, 4) is 5.69 Å². The number of aryl methyl sites for hydroxylation is 1. The van der Waals surface area contributed by atoms with Crippen LogP contribution >= 0.6 is 0 Å². The van der Waals surface area contributed by atoms with E-state index in [2.05, 4.69) is 28.9 Å². The maximum Gasteiger partial charge on any atom is 0.253 e. The van der Waals surface area contributed by atoms with Crippen LogP contribution < -0.4 is 5.32 Å². The van der Waals surface area contributed by atoms with E-state index in [4.69, 9.17) is 0 Å². The van der Waals surface area contributed by atoms with E-state index >= 15 is 0 Å². The predicted molar refractivity (Wildman–Crippen MR) is 66.3 cm³/mol. The Morgan fingerprint density at radius 2 is 2.06 bits per heavy atom. The smallest absolute Gasteiger partial charge is 0.253 e. The highest BCUT2D eigenvalue weighted by atomic mass is 16.1. The fourth-order valence-electron chi connectivity index (χ4n) is 2.38. The fourth-order valence-corrected chi connectivity index (χ4v) is 2.38. The van der Waals surface area contributed by atoms with E-state index in [1.165, 1.54) is 5.69 Å². The van der Waals surface area contributed by atoms with Gasteiger partial charge in [-0.05, 0) is 30.7 Å². The normalized spacial score (nSPS) is 13.6. The van der Waals surface area contributed by atoms with Gasteiger partial charge in [0.05, 0.1) is 17.8 Å². The average molecular weight is 226 g/mol. The maximum absolute atomic E-state index is 11.9. The molecule has 0 saturated carbocycles. The second-order valence-electron chi connectivity index (χ2n) is 4.20. The number of nitrogens with zero attached hydrogens (tertiary/aromatic N) is 1. The summed E-state index contributed by atoms with van der Waals surface area (Å²) in [4.78, 5) is 11.9. The number of carbonyl (C=O) groups excluding carboxylic acids is 1. The molecule has 0 atom stereocenters. The lowest BCUT2D eigenvalue weighted by Crippen LogP contribution is -2.21. The van der Waals surface area contributed by atoms with Gasteiger partial charge in [-0.3, -0.25) is 4.79 Å². The molecule has 0 unspecified atom stereocenters. The number of hydrogen-bond donors (Lipinski definition) is 1. The molecule has 0 bridgehead atoms.